The van der Waals surface area contributed by atoms with Crippen LogP contribution in [-0.2, 0) is 11.3 Å². The summed E-state index contributed by atoms with van der Waals surface area (Å²) in [5.74, 6) is -0.367. The van der Waals surface area contributed by atoms with Crippen LogP contribution in [0.25, 0.3) is 0 Å². The van der Waals surface area contributed by atoms with Crippen molar-refractivity contribution in [3.63, 3.8) is 0 Å². The van der Waals surface area contributed by atoms with Crippen LogP contribution in [0.1, 0.15) is 25.3 Å². The Morgan fingerprint density at radius 3 is 2.83 bits per heavy atom. The Hall–Kier alpha value is -1.13. The van der Waals surface area contributed by atoms with Crippen LogP contribution in [0.15, 0.2) is 18.2 Å². The first-order valence-electron chi connectivity index (χ1n) is 5.92. The first kappa shape index (κ1) is 13.3. The second kappa shape index (κ2) is 4.86. The molecule has 1 aliphatic rings. The first-order valence-corrected chi connectivity index (χ1v) is 6.30. The number of benzene rings is 1. The van der Waals surface area contributed by atoms with Crippen LogP contribution in [0.5, 0.6) is 0 Å². The zero-order valence-electron chi connectivity index (χ0n) is 10.2. The molecule has 0 aliphatic heterocycles. The van der Waals surface area contributed by atoms with Crippen molar-refractivity contribution in [2.24, 2.45) is 11.7 Å². The van der Waals surface area contributed by atoms with E-state index >= 15 is 0 Å². The number of rotatable bonds is 4. The summed E-state index contributed by atoms with van der Waals surface area (Å²) in [5.41, 5.74) is 5.92. The van der Waals surface area contributed by atoms with E-state index in [9.17, 15) is 9.18 Å². The van der Waals surface area contributed by atoms with E-state index in [-0.39, 0.29) is 16.8 Å². The monoisotopic (exact) mass is 270 g/mol. The van der Waals surface area contributed by atoms with Crippen molar-refractivity contribution in [3.8, 4) is 0 Å². The molecular weight excluding hydrogens is 255 g/mol. The molecule has 5 heteroatoms. The Bertz CT molecular complexity index is 472. The summed E-state index contributed by atoms with van der Waals surface area (Å²) in [4.78, 5) is 11.9. The minimum Gasteiger partial charge on any atom is -0.350 e. The lowest BCUT2D eigenvalue weighted by Gasteiger charge is -2.23. The highest BCUT2D eigenvalue weighted by Crippen LogP contribution is 2.38. The van der Waals surface area contributed by atoms with Crippen LogP contribution >= 0.6 is 11.6 Å². The van der Waals surface area contributed by atoms with Gasteiger partial charge in [-0.25, -0.2) is 4.39 Å². The molecule has 0 radical (unpaired) electrons. The maximum Gasteiger partial charge on any atom is 0.240 e. The SMILES string of the molecule is CC(N)(C(=O)NCc1ccc(F)c(Cl)c1)C1CC1. The molecule has 0 saturated heterocycles. The number of carbonyl (C=O) groups is 1. The van der Waals surface area contributed by atoms with Gasteiger partial charge in [0, 0.05) is 6.54 Å². The topological polar surface area (TPSA) is 55.1 Å². The molecule has 0 aromatic heterocycles. The minimum absolute atomic E-state index is 0.0550. The van der Waals surface area contributed by atoms with Gasteiger partial charge < -0.3 is 11.1 Å². The third kappa shape index (κ3) is 2.82. The van der Waals surface area contributed by atoms with Gasteiger partial charge in [-0.05, 0) is 43.4 Å². The van der Waals surface area contributed by atoms with E-state index in [1.807, 2.05) is 0 Å². The summed E-state index contributed by atoms with van der Waals surface area (Å²) in [6.07, 6.45) is 2.01. The molecule has 1 fully saturated rings. The molecule has 3 N–H and O–H groups in total. The second-order valence-electron chi connectivity index (χ2n) is 4.99. The minimum atomic E-state index is -0.816. The van der Waals surface area contributed by atoms with Gasteiger partial charge in [-0.1, -0.05) is 17.7 Å². The van der Waals surface area contributed by atoms with Gasteiger partial charge in [-0.3, -0.25) is 4.79 Å². The predicted octanol–water partition coefficient (Wildman–Crippen LogP) is 2.22. The number of hydrogen-bond donors (Lipinski definition) is 2. The first-order chi connectivity index (χ1) is 8.41. The Morgan fingerprint density at radius 2 is 2.28 bits per heavy atom. The zero-order valence-corrected chi connectivity index (χ0v) is 10.9. The largest absolute Gasteiger partial charge is 0.350 e. The number of nitrogens with two attached hydrogens (primary N) is 1. The summed E-state index contributed by atoms with van der Waals surface area (Å²) in [5, 5.41) is 2.82. The van der Waals surface area contributed by atoms with E-state index in [1.165, 1.54) is 12.1 Å². The van der Waals surface area contributed by atoms with Crippen LogP contribution in [0, 0.1) is 11.7 Å². The number of carbonyl (C=O) groups excluding carboxylic acids is 1. The average Bonchev–Trinajstić information content (AvgIpc) is 3.14. The van der Waals surface area contributed by atoms with E-state index in [0.717, 1.165) is 18.4 Å². The van der Waals surface area contributed by atoms with Crippen LogP contribution in [0.3, 0.4) is 0 Å². The zero-order chi connectivity index (χ0) is 13.3. The normalized spacial score (nSPS) is 18.2. The van der Waals surface area contributed by atoms with Crippen molar-refractivity contribution >= 4 is 17.5 Å². The molecule has 1 aromatic rings. The van der Waals surface area contributed by atoms with Gasteiger partial charge in [-0.2, -0.15) is 0 Å². The fourth-order valence-corrected chi connectivity index (χ4v) is 2.09. The third-order valence-electron chi connectivity index (χ3n) is 3.35. The predicted molar refractivity (Wildman–Crippen MR) is 68.6 cm³/mol. The number of halogens is 2. The van der Waals surface area contributed by atoms with Gasteiger partial charge in [0.05, 0.1) is 10.6 Å². The highest BCUT2D eigenvalue weighted by Gasteiger charge is 2.43. The maximum atomic E-state index is 13.0. The van der Waals surface area contributed by atoms with Crippen molar-refractivity contribution in [1.29, 1.82) is 0 Å². The lowest BCUT2D eigenvalue weighted by atomic mass is 9.96. The molecule has 0 heterocycles. The molecule has 98 valence electrons. The molecule has 1 unspecified atom stereocenters. The lowest BCUT2D eigenvalue weighted by Crippen LogP contribution is -2.53. The highest BCUT2D eigenvalue weighted by molar-refractivity contribution is 6.30. The molecule has 3 nitrogen and oxygen atoms in total. The summed E-state index contributed by atoms with van der Waals surface area (Å²) in [6.45, 7) is 2.05. The Kier molecular flexibility index (Phi) is 3.59. The van der Waals surface area contributed by atoms with E-state index < -0.39 is 11.4 Å². The van der Waals surface area contributed by atoms with Crippen molar-refractivity contribution in [2.45, 2.75) is 31.8 Å². The van der Waals surface area contributed by atoms with Crippen molar-refractivity contribution in [2.75, 3.05) is 0 Å². The molecular formula is C13H16ClFN2O. The van der Waals surface area contributed by atoms with Crippen molar-refractivity contribution in [1.82, 2.24) is 5.32 Å². The molecule has 1 atom stereocenters. The fraction of sp³-hybridized carbons (Fsp3) is 0.462. The van der Waals surface area contributed by atoms with Crippen LogP contribution < -0.4 is 11.1 Å². The Balaban J connectivity index is 1.94. The quantitative estimate of drug-likeness (QED) is 0.881. The molecule has 1 aromatic carbocycles. The molecule has 0 spiro atoms. The summed E-state index contributed by atoms with van der Waals surface area (Å²) in [7, 11) is 0. The van der Waals surface area contributed by atoms with Gasteiger partial charge in [0.25, 0.3) is 0 Å². The van der Waals surface area contributed by atoms with E-state index in [1.54, 1.807) is 13.0 Å². The van der Waals surface area contributed by atoms with Crippen LogP contribution in [-0.4, -0.2) is 11.4 Å². The fourth-order valence-electron chi connectivity index (χ4n) is 1.89. The van der Waals surface area contributed by atoms with E-state index in [2.05, 4.69) is 5.32 Å². The van der Waals surface area contributed by atoms with Crippen LogP contribution in [0.4, 0.5) is 4.39 Å². The molecule has 1 aliphatic carbocycles. The van der Waals surface area contributed by atoms with Crippen molar-refractivity contribution < 1.29 is 9.18 Å². The highest BCUT2D eigenvalue weighted by atomic mass is 35.5. The van der Waals surface area contributed by atoms with Crippen molar-refractivity contribution in [3.05, 3.63) is 34.6 Å². The van der Waals surface area contributed by atoms with Gasteiger partial charge in [0.15, 0.2) is 0 Å². The molecule has 18 heavy (non-hydrogen) atoms. The smallest absolute Gasteiger partial charge is 0.240 e. The summed E-state index contributed by atoms with van der Waals surface area (Å²) >= 11 is 5.67. The number of nitrogens with one attached hydrogen (secondary N) is 1. The molecule has 1 saturated carbocycles. The average molecular weight is 271 g/mol. The molecule has 0 bridgehead atoms. The Labute approximate surface area is 111 Å². The van der Waals surface area contributed by atoms with E-state index in [4.69, 9.17) is 17.3 Å². The van der Waals surface area contributed by atoms with Gasteiger partial charge in [-0.15, -0.1) is 0 Å². The number of hydrogen-bond acceptors (Lipinski definition) is 2. The lowest BCUT2D eigenvalue weighted by molar-refractivity contribution is -0.126. The number of amides is 1. The Morgan fingerprint density at radius 1 is 1.61 bits per heavy atom. The van der Waals surface area contributed by atoms with Gasteiger partial charge in [0.2, 0.25) is 5.91 Å². The van der Waals surface area contributed by atoms with E-state index in [0.29, 0.717) is 6.54 Å². The molecule has 1 amide bonds. The standard InChI is InChI=1S/C13H16ClFN2O/c1-13(16,9-3-4-9)12(18)17-7-8-2-5-11(15)10(14)6-8/h2,5-6,9H,3-4,7,16H2,1H3,(H,17,18). The summed E-state index contributed by atoms with van der Waals surface area (Å²) < 4.78 is 13.0. The van der Waals surface area contributed by atoms with Gasteiger partial charge >= 0.3 is 0 Å². The molecule has 2 rings (SSSR count). The second-order valence-corrected chi connectivity index (χ2v) is 5.40. The maximum absolute atomic E-state index is 13.0. The van der Waals surface area contributed by atoms with Gasteiger partial charge in [0.1, 0.15) is 5.82 Å². The summed E-state index contributed by atoms with van der Waals surface area (Å²) in [6, 6.07) is 4.38. The third-order valence-corrected chi connectivity index (χ3v) is 3.64. The van der Waals surface area contributed by atoms with Crippen LogP contribution in [0.2, 0.25) is 5.02 Å².